The summed E-state index contributed by atoms with van der Waals surface area (Å²) in [5.41, 5.74) is 4.94. The summed E-state index contributed by atoms with van der Waals surface area (Å²) in [5.74, 6) is -2.42. The number of ether oxygens (including phenoxy) is 1. The number of carbonyl (C=O) groups excluding carboxylic acids is 4. The average molecular weight is 440 g/mol. The van der Waals surface area contributed by atoms with Crippen LogP contribution >= 0.6 is 0 Å². The quantitative estimate of drug-likeness (QED) is 0.283. The molecule has 0 radical (unpaired) electrons. The summed E-state index contributed by atoms with van der Waals surface area (Å²) in [7, 11) is 0. The van der Waals surface area contributed by atoms with Gasteiger partial charge in [0.2, 0.25) is 17.6 Å². The van der Waals surface area contributed by atoms with Gasteiger partial charge in [-0.2, -0.15) is 0 Å². The number of primary amides is 1. The summed E-state index contributed by atoms with van der Waals surface area (Å²) in [6, 6.07) is -0.626. The molecule has 1 aliphatic heterocycles. The molecular formula is C23H41N3O5. The Labute approximate surface area is 186 Å². The molecule has 0 aromatic heterocycles. The number of amides is 3. The van der Waals surface area contributed by atoms with Crippen molar-refractivity contribution < 1.29 is 23.9 Å². The van der Waals surface area contributed by atoms with Crippen LogP contribution < -0.4 is 11.1 Å². The molecular weight excluding hydrogens is 398 g/mol. The average Bonchev–Trinajstić information content (AvgIpc) is 3.15. The second-order valence-corrected chi connectivity index (χ2v) is 8.53. The van der Waals surface area contributed by atoms with E-state index in [9.17, 15) is 19.2 Å². The van der Waals surface area contributed by atoms with Crippen molar-refractivity contribution >= 4 is 23.5 Å². The normalized spacial score (nSPS) is 19.3. The Kier molecular flexibility index (Phi) is 13.1. The Morgan fingerprint density at radius 2 is 1.74 bits per heavy atom. The lowest BCUT2D eigenvalue weighted by Crippen LogP contribution is -2.50. The maximum Gasteiger partial charge on any atom is 0.286 e. The van der Waals surface area contributed by atoms with Crippen LogP contribution in [0.1, 0.15) is 85.0 Å². The summed E-state index contributed by atoms with van der Waals surface area (Å²) in [5, 5.41) is 2.48. The van der Waals surface area contributed by atoms with E-state index in [-0.39, 0.29) is 24.3 Å². The summed E-state index contributed by atoms with van der Waals surface area (Å²) in [6.45, 7) is 6.82. The minimum atomic E-state index is -1.08. The first kappa shape index (κ1) is 27.1. The van der Waals surface area contributed by atoms with Crippen LogP contribution in [0.15, 0.2) is 0 Å². The second kappa shape index (κ2) is 14.9. The van der Waals surface area contributed by atoms with E-state index in [0.717, 1.165) is 32.1 Å². The van der Waals surface area contributed by atoms with Crippen molar-refractivity contribution in [3.8, 4) is 0 Å². The molecule has 8 nitrogen and oxygen atoms in total. The van der Waals surface area contributed by atoms with Crippen LogP contribution in [0.25, 0.3) is 0 Å². The van der Waals surface area contributed by atoms with Crippen molar-refractivity contribution in [2.24, 2.45) is 11.7 Å². The van der Waals surface area contributed by atoms with Gasteiger partial charge in [-0.3, -0.25) is 19.2 Å². The van der Waals surface area contributed by atoms with Crippen molar-refractivity contribution in [3.63, 3.8) is 0 Å². The van der Waals surface area contributed by atoms with Crippen LogP contribution in [0.5, 0.6) is 0 Å². The number of rotatable bonds is 16. The topological polar surface area (TPSA) is 119 Å². The zero-order chi connectivity index (χ0) is 23.2. The van der Waals surface area contributed by atoms with E-state index in [1.54, 1.807) is 4.90 Å². The maximum atomic E-state index is 12.9. The Morgan fingerprint density at radius 1 is 1.06 bits per heavy atom. The first-order chi connectivity index (χ1) is 14.8. The molecule has 8 heteroatoms. The van der Waals surface area contributed by atoms with Crippen LogP contribution in [0, 0.1) is 5.92 Å². The maximum absolute atomic E-state index is 12.9. The number of ketones is 1. The molecule has 178 valence electrons. The Balaban J connectivity index is 2.53. The number of nitrogens with one attached hydrogen (secondary N) is 1. The molecule has 1 saturated heterocycles. The highest BCUT2D eigenvalue weighted by Crippen LogP contribution is 2.29. The molecule has 2 unspecified atom stereocenters. The molecule has 3 N–H and O–H groups in total. The van der Waals surface area contributed by atoms with Gasteiger partial charge in [0.05, 0.1) is 19.1 Å². The van der Waals surface area contributed by atoms with Gasteiger partial charge < -0.3 is 20.7 Å². The lowest BCUT2D eigenvalue weighted by atomic mass is 9.94. The number of likely N-dealkylation sites (tertiary alicyclic amines) is 1. The first-order valence-corrected chi connectivity index (χ1v) is 11.8. The summed E-state index contributed by atoms with van der Waals surface area (Å²) < 4.78 is 5.81. The number of hydrogen-bond donors (Lipinski definition) is 2. The van der Waals surface area contributed by atoms with Crippen molar-refractivity contribution in [2.75, 3.05) is 19.7 Å². The van der Waals surface area contributed by atoms with Crippen molar-refractivity contribution in [3.05, 3.63) is 0 Å². The van der Waals surface area contributed by atoms with Crippen molar-refractivity contribution in [2.45, 2.75) is 97.1 Å². The van der Waals surface area contributed by atoms with Crippen molar-refractivity contribution in [1.82, 2.24) is 10.2 Å². The number of nitrogens with zero attached hydrogens (tertiary/aromatic N) is 1. The molecule has 1 aliphatic rings. The molecule has 0 aliphatic carbocycles. The second-order valence-electron chi connectivity index (χ2n) is 8.53. The number of nitrogens with two attached hydrogens (primary N) is 1. The summed E-state index contributed by atoms with van der Waals surface area (Å²) >= 11 is 0. The Bertz CT molecular complexity index is 596. The van der Waals surface area contributed by atoms with E-state index < -0.39 is 30.2 Å². The molecule has 0 spiro atoms. The molecule has 0 saturated carbocycles. The molecule has 1 rings (SSSR count). The van der Waals surface area contributed by atoms with Crippen LogP contribution in [0.4, 0.5) is 0 Å². The number of carbonyl (C=O) groups is 4. The van der Waals surface area contributed by atoms with Gasteiger partial charge in [-0.15, -0.1) is 0 Å². The standard InChI is InChI=1S/C23H41N3O5/c1-4-6-7-8-9-10-14-31-17(3)15-20(28)26-13-12-18(11-5-2)21(26)23(30)25-16-19(27)22(24)29/h17-18,21H,4-16H2,1-3H3,(H2,24,29)(H,25,30)/t17?,18-,21?/m0/s1. The van der Waals surface area contributed by atoms with Gasteiger partial charge >= 0.3 is 0 Å². The van der Waals surface area contributed by atoms with E-state index in [0.29, 0.717) is 13.2 Å². The van der Waals surface area contributed by atoms with Crippen LogP contribution in [0.2, 0.25) is 0 Å². The zero-order valence-corrected chi connectivity index (χ0v) is 19.5. The summed E-state index contributed by atoms with van der Waals surface area (Å²) in [6.07, 6.45) is 9.56. The predicted molar refractivity (Wildman–Crippen MR) is 119 cm³/mol. The van der Waals surface area contributed by atoms with Gasteiger partial charge in [-0.05, 0) is 32.1 Å². The summed E-state index contributed by atoms with van der Waals surface area (Å²) in [4.78, 5) is 49.6. The smallest absolute Gasteiger partial charge is 0.286 e. The van der Waals surface area contributed by atoms with Gasteiger partial charge in [-0.25, -0.2) is 0 Å². The van der Waals surface area contributed by atoms with Crippen molar-refractivity contribution in [1.29, 1.82) is 0 Å². The number of hydrogen-bond acceptors (Lipinski definition) is 5. The van der Waals surface area contributed by atoms with E-state index in [1.807, 2.05) is 13.8 Å². The molecule has 3 amide bonds. The van der Waals surface area contributed by atoms with Gasteiger partial charge in [0.15, 0.2) is 0 Å². The lowest BCUT2D eigenvalue weighted by Gasteiger charge is -2.28. The minimum absolute atomic E-state index is 0.0389. The molecule has 0 aromatic carbocycles. The number of Topliss-reactive ketones (excluding diaryl/α,β-unsaturated/α-hetero) is 1. The molecule has 0 aromatic rings. The highest BCUT2D eigenvalue weighted by Gasteiger charge is 2.41. The first-order valence-electron chi connectivity index (χ1n) is 11.8. The minimum Gasteiger partial charge on any atom is -0.378 e. The van der Waals surface area contributed by atoms with Gasteiger partial charge in [0, 0.05) is 13.2 Å². The van der Waals surface area contributed by atoms with E-state index in [4.69, 9.17) is 10.5 Å². The lowest BCUT2D eigenvalue weighted by molar-refractivity contribution is -0.142. The number of unbranched alkanes of at least 4 members (excludes halogenated alkanes) is 5. The molecule has 3 atom stereocenters. The highest BCUT2D eigenvalue weighted by molar-refractivity contribution is 6.36. The fourth-order valence-corrected chi connectivity index (χ4v) is 4.11. The van der Waals surface area contributed by atoms with E-state index >= 15 is 0 Å². The molecule has 31 heavy (non-hydrogen) atoms. The van der Waals surface area contributed by atoms with Crippen LogP contribution in [0.3, 0.4) is 0 Å². The zero-order valence-electron chi connectivity index (χ0n) is 19.5. The fourth-order valence-electron chi connectivity index (χ4n) is 4.11. The molecule has 1 heterocycles. The van der Waals surface area contributed by atoms with Gasteiger partial charge in [0.25, 0.3) is 5.91 Å². The molecule has 0 bridgehead atoms. The fraction of sp³-hybridized carbons (Fsp3) is 0.826. The third-order valence-corrected chi connectivity index (χ3v) is 5.83. The highest BCUT2D eigenvalue weighted by atomic mass is 16.5. The molecule has 1 fully saturated rings. The SMILES string of the molecule is CCCCCCCCOC(C)CC(=O)N1CC[C@H](CCC)C1C(=O)NCC(=O)C(N)=O. The van der Waals surface area contributed by atoms with E-state index in [2.05, 4.69) is 12.2 Å². The Morgan fingerprint density at radius 3 is 2.39 bits per heavy atom. The largest absolute Gasteiger partial charge is 0.378 e. The van der Waals surface area contributed by atoms with Gasteiger partial charge in [0.1, 0.15) is 6.04 Å². The monoisotopic (exact) mass is 439 g/mol. The van der Waals surface area contributed by atoms with E-state index in [1.165, 1.54) is 25.7 Å². The third-order valence-electron chi connectivity index (χ3n) is 5.83. The van der Waals surface area contributed by atoms with Crippen LogP contribution in [-0.2, 0) is 23.9 Å². The Hall–Kier alpha value is -1.96. The van der Waals surface area contributed by atoms with Gasteiger partial charge in [-0.1, -0.05) is 52.4 Å². The predicted octanol–water partition coefficient (Wildman–Crippen LogP) is 2.33. The third kappa shape index (κ3) is 9.80. The van der Waals surface area contributed by atoms with Crippen LogP contribution in [-0.4, -0.2) is 60.2 Å².